The summed E-state index contributed by atoms with van der Waals surface area (Å²) in [6.07, 6.45) is 8.91. The number of rotatable bonds is 4. The van der Waals surface area contributed by atoms with Crippen molar-refractivity contribution >= 4 is 11.8 Å². The average molecular weight is 343 g/mol. The molecule has 1 aromatic rings. The second kappa shape index (κ2) is 8.45. The minimum atomic E-state index is -0.525. The summed E-state index contributed by atoms with van der Waals surface area (Å²) in [5, 5.41) is 3.00. The van der Waals surface area contributed by atoms with Gasteiger partial charge in [-0.05, 0) is 50.2 Å². The molecule has 2 aliphatic rings. The van der Waals surface area contributed by atoms with Crippen LogP contribution in [-0.4, -0.2) is 34.8 Å². The molecule has 0 aromatic carbocycles. The van der Waals surface area contributed by atoms with Crippen LogP contribution in [-0.2, 0) is 9.59 Å². The fourth-order valence-electron chi connectivity index (χ4n) is 4.15. The van der Waals surface area contributed by atoms with E-state index < -0.39 is 5.92 Å². The summed E-state index contributed by atoms with van der Waals surface area (Å²) in [4.78, 5) is 31.7. The van der Waals surface area contributed by atoms with Gasteiger partial charge in [0.25, 0.3) is 0 Å². The van der Waals surface area contributed by atoms with Gasteiger partial charge in [0.05, 0.1) is 11.7 Å². The van der Waals surface area contributed by atoms with E-state index in [0.29, 0.717) is 6.42 Å². The van der Waals surface area contributed by atoms with Crippen LogP contribution >= 0.6 is 0 Å². The maximum Gasteiger partial charge on any atom is 0.235 e. The smallest absolute Gasteiger partial charge is 0.235 e. The van der Waals surface area contributed by atoms with E-state index in [4.69, 9.17) is 0 Å². The zero-order valence-electron chi connectivity index (χ0n) is 15.1. The Bertz CT molecular complexity index is 590. The molecule has 5 nitrogen and oxygen atoms in total. The van der Waals surface area contributed by atoms with Crippen molar-refractivity contribution < 1.29 is 9.59 Å². The van der Waals surface area contributed by atoms with Crippen LogP contribution in [0.3, 0.4) is 0 Å². The predicted molar refractivity (Wildman–Crippen MR) is 96.7 cm³/mol. The summed E-state index contributed by atoms with van der Waals surface area (Å²) in [7, 11) is 0. The van der Waals surface area contributed by atoms with E-state index in [1.54, 1.807) is 6.20 Å². The van der Waals surface area contributed by atoms with Crippen molar-refractivity contribution in [3.8, 4) is 0 Å². The van der Waals surface area contributed by atoms with Crippen LogP contribution in [0.4, 0.5) is 0 Å². The highest BCUT2D eigenvalue weighted by Gasteiger charge is 2.36. The summed E-state index contributed by atoms with van der Waals surface area (Å²) in [6, 6.07) is 5.65. The Hall–Kier alpha value is -1.91. The SMILES string of the molecule is CCCC1CCCN(C(=O)C2CCC(c3ccccn3)NC2=O)CC1. The molecule has 3 atom stereocenters. The largest absolute Gasteiger partial charge is 0.347 e. The number of amides is 2. The van der Waals surface area contributed by atoms with Crippen molar-refractivity contribution in [3.63, 3.8) is 0 Å². The molecule has 1 N–H and O–H groups in total. The Balaban J connectivity index is 1.57. The van der Waals surface area contributed by atoms with Gasteiger partial charge in [0, 0.05) is 19.3 Å². The standard InChI is InChI=1S/C20H29N3O2/c1-2-6-15-7-5-13-23(14-11-15)20(25)16-9-10-18(22-19(16)24)17-8-3-4-12-21-17/h3-4,8,12,15-16,18H,2,5-7,9-11,13-14H2,1H3,(H,22,24). The van der Waals surface area contributed by atoms with Gasteiger partial charge in [-0.2, -0.15) is 0 Å². The molecule has 0 aliphatic carbocycles. The monoisotopic (exact) mass is 343 g/mol. The Labute approximate surface area is 150 Å². The lowest BCUT2D eigenvalue weighted by Gasteiger charge is -2.31. The normalized spacial score (nSPS) is 27.5. The molecule has 0 bridgehead atoms. The molecule has 1 aromatic heterocycles. The van der Waals surface area contributed by atoms with Crippen molar-refractivity contribution in [2.75, 3.05) is 13.1 Å². The number of pyridine rings is 1. The summed E-state index contributed by atoms with van der Waals surface area (Å²) >= 11 is 0. The zero-order valence-corrected chi connectivity index (χ0v) is 15.1. The van der Waals surface area contributed by atoms with E-state index in [1.165, 1.54) is 19.3 Å². The summed E-state index contributed by atoms with van der Waals surface area (Å²) in [6.45, 7) is 3.82. The topological polar surface area (TPSA) is 62.3 Å². The molecule has 0 spiro atoms. The van der Waals surface area contributed by atoms with E-state index in [9.17, 15) is 9.59 Å². The van der Waals surface area contributed by atoms with E-state index in [2.05, 4.69) is 17.2 Å². The highest BCUT2D eigenvalue weighted by atomic mass is 16.2. The Morgan fingerprint density at radius 2 is 2.12 bits per heavy atom. The average Bonchev–Trinajstić information content (AvgIpc) is 2.88. The van der Waals surface area contributed by atoms with Gasteiger partial charge in [-0.3, -0.25) is 14.6 Å². The molecule has 0 saturated carbocycles. The van der Waals surface area contributed by atoms with E-state index >= 15 is 0 Å². The molecule has 5 heteroatoms. The van der Waals surface area contributed by atoms with Crippen LogP contribution in [0, 0.1) is 11.8 Å². The van der Waals surface area contributed by atoms with E-state index in [-0.39, 0.29) is 17.9 Å². The molecule has 136 valence electrons. The number of carbonyl (C=O) groups is 2. The maximum atomic E-state index is 12.9. The Morgan fingerprint density at radius 3 is 2.84 bits per heavy atom. The van der Waals surface area contributed by atoms with Gasteiger partial charge >= 0.3 is 0 Å². The highest BCUT2D eigenvalue weighted by Crippen LogP contribution is 2.28. The lowest BCUT2D eigenvalue weighted by atomic mass is 9.91. The minimum absolute atomic E-state index is 0.0223. The van der Waals surface area contributed by atoms with Gasteiger partial charge in [-0.15, -0.1) is 0 Å². The second-order valence-corrected chi connectivity index (χ2v) is 7.36. The molecule has 3 rings (SSSR count). The van der Waals surface area contributed by atoms with Crippen LogP contribution < -0.4 is 5.32 Å². The molecule has 2 aliphatic heterocycles. The maximum absolute atomic E-state index is 12.9. The lowest BCUT2D eigenvalue weighted by molar-refractivity contribution is -0.144. The van der Waals surface area contributed by atoms with Gasteiger partial charge in [-0.1, -0.05) is 25.8 Å². The lowest BCUT2D eigenvalue weighted by Crippen LogP contribution is -2.48. The van der Waals surface area contributed by atoms with E-state index in [0.717, 1.165) is 44.0 Å². The molecule has 2 saturated heterocycles. The fourth-order valence-corrected chi connectivity index (χ4v) is 4.15. The van der Waals surface area contributed by atoms with Gasteiger partial charge in [0.15, 0.2) is 0 Å². The summed E-state index contributed by atoms with van der Waals surface area (Å²) in [5.74, 6) is 0.0922. The number of nitrogens with zero attached hydrogens (tertiary/aromatic N) is 2. The Kier molecular flexibility index (Phi) is 6.05. The van der Waals surface area contributed by atoms with Crippen LogP contribution in [0.1, 0.15) is 63.6 Å². The van der Waals surface area contributed by atoms with Crippen molar-refractivity contribution in [2.24, 2.45) is 11.8 Å². The summed E-state index contributed by atoms with van der Waals surface area (Å²) in [5.41, 5.74) is 0.874. The van der Waals surface area contributed by atoms with Gasteiger partial charge in [0.1, 0.15) is 5.92 Å². The summed E-state index contributed by atoms with van der Waals surface area (Å²) < 4.78 is 0. The van der Waals surface area contributed by atoms with Crippen molar-refractivity contribution in [1.29, 1.82) is 0 Å². The molecule has 2 amide bonds. The molecular formula is C20H29N3O2. The first kappa shape index (κ1) is 17.9. The Morgan fingerprint density at radius 1 is 1.24 bits per heavy atom. The number of likely N-dealkylation sites (tertiary alicyclic amines) is 1. The van der Waals surface area contributed by atoms with Crippen molar-refractivity contribution in [3.05, 3.63) is 30.1 Å². The minimum Gasteiger partial charge on any atom is -0.347 e. The number of hydrogen-bond donors (Lipinski definition) is 1. The van der Waals surface area contributed by atoms with Gasteiger partial charge in [-0.25, -0.2) is 0 Å². The third-order valence-electron chi connectivity index (χ3n) is 5.58. The third kappa shape index (κ3) is 4.39. The number of aromatic nitrogens is 1. The predicted octanol–water partition coefficient (Wildman–Crippen LogP) is 3.08. The first-order valence-electron chi connectivity index (χ1n) is 9.69. The molecule has 2 fully saturated rings. The molecule has 0 radical (unpaired) electrons. The second-order valence-electron chi connectivity index (χ2n) is 7.36. The van der Waals surface area contributed by atoms with Crippen LogP contribution in [0.2, 0.25) is 0 Å². The zero-order chi connectivity index (χ0) is 17.6. The number of nitrogens with one attached hydrogen (secondary N) is 1. The third-order valence-corrected chi connectivity index (χ3v) is 5.58. The van der Waals surface area contributed by atoms with Crippen LogP contribution in [0.5, 0.6) is 0 Å². The number of hydrogen-bond acceptors (Lipinski definition) is 3. The van der Waals surface area contributed by atoms with Gasteiger partial charge < -0.3 is 10.2 Å². The fraction of sp³-hybridized carbons (Fsp3) is 0.650. The first-order chi connectivity index (χ1) is 12.2. The molecule has 3 unspecified atom stereocenters. The molecule has 25 heavy (non-hydrogen) atoms. The van der Waals surface area contributed by atoms with Crippen molar-refractivity contribution in [2.45, 2.75) is 57.9 Å². The first-order valence-corrected chi connectivity index (χ1v) is 9.69. The highest BCUT2D eigenvalue weighted by molar-refractivity contribution is 6.00. The van der Waals surface area contributed by atoms with Gasteiger partial charge in [0.2, 0.25) is 11.8 Å². The van der Waals surface area contributed by atoms with Crippen molar-refractivity contribution in [1.82, 2.24) is 15.2 Å². The number of carbonyl (C=O) groups excluding carboxylic acids is 2. The molecular weight excluding hydrogens is 314 g/mol. The molecule has 3 heterocycles. The van der Waals surface area contributed by atoms with Crippen LogP contribution in [0.15, 0.2) is 24.4 Å². The van der Waals surface area contributed by atoms with E-state index in [1.807, 2.05) is 23.1 Å². The number of piperidine rings is 1. The van der Waals surface area contributed by atoms with Crippen LogP contribution in [0.25, 0.3) is 0 Å². The quantitative estimate of drug-likeness (QED) is 0.855.